The highest BCUT2D eigenvalue weighted by molar-refractivity contribution is 7.96. The fourth-order valence-electron chi connectivity index (χ4n) is 1.95. The molecule has 1 aliphatic rings. The largest absolute Gasteiger partial charge is 0.416 e. The van der Waals surface area contributed by atoms with E-state index in [0.29, 0.717) is 0 Å². The lowest BCUT2D eigenvalue weighted by atomic mass is 10.0. The van der Waals surface area contributed by atoms with Crippen molar-refractivity contribution in [3.8, 4) is 0 Å². The third-order valence-corrected chi connectivity index (χ3v) is 5.01. The molecule has 0 bridgehead atoms. The molecule has 104 valence electrons. The summed E-state index contributed by atoms with van der Waals surface area (Å²) in [7, 11) is -3.80. The molecule has 0 atom stereocenters. The average molecular weight is 291 g/mol. The van der Waals surface area contributed by atoms with Gasteiger partial charge in [0.05, 0.1) is 15.4 Å². The summed E-state index contributed by atoms with van der Waals surface area (Å²) in [5.74, 6) is 0. The van der Waals surface area contributed by atoms with Crippen molar-refractivity contribution in [3.05, 3.63) is 34.2 Å². The highest BCUT2D eigenvalue weighted by Gasteiger charge is 2.39. The Labute approximate surface area is 108 Å². The molecular weight excluding hydrogens is 279 g/mol. The summed E-state index contributed by atoms with van der Waals surface area (Å²) >= 11 is 0. The second-order valence-corrected chi connectivity index (χ2v) is 6.87. The van der Waals surface area contributed by atoms with E-state index in [0.717, 1.165) is 18.2 Å². The maximum Gasteiger partial charge on any atom is 0.416 e. The lowest BCUT2D eigenvalue weighted by Crippen LogP contribution is -2.36. The summed E-state index contributed by atoms with van der Waals surface area (Å²) < 4.78 is 62.1. The molecule has 1 aromatic rings. The highest BCUT2D eigenvalue weighted by Crippen LogP contribution is 2.40. The zero-order chi connectivity index (χ0) is 14.6. The van der Waals surface area contributed by atoms with E-state index in [1.165, 1.54) is 19.9 Å². The molecule has 7 heteroatoms. The number of benzene rings is 1. The molecule has 1 aromatic carbocycles. The third kappa shape index (κ3) is 2.28. The molecule has 0 radical (unpaired) electrons. The van der Waals surface area contributed by atoms with Crippen molar-refractivity contribution in [1.29, 1.82) is 0 Å². The van der Waals surface area contributed by atoms with Crippen LogP contribution in [0, 0.1) is 0 Å². The first-order chi connectivity index (χ1) is 8.44. The summed E-state index contributed by atoms with van der Waals surface area (Å²) in [6, 6.07) is 2.56. The van der Waals surface area contributed by atoms with Gasteiger partial charge in [0.25, 0.3) is 0 Å². The normalized spacial score (nSPS) is 18.1. The Morgan fingerprint density at radius 3 is 2.21 bits per heavy atom. The summed E-state index contributed by atoms with van der Waals surface area (Å²) in [5.41, 5.74) is 3.76. The van der Waals surface area contributed by atoms with E-state index >= 15 is 0 Å². The van der Waals surface area contributed by atoms with Gasteiger partial charge in [0, 0.05) is 5.54 Å². The van der Waals surface area contributed by atoms with Gasteiger partial charge in [0.1, 0.15) is 0 Å². The van der Waals surface area contributed by atoms with Crippen LogP contribution >= 0.6 is 0 Å². The molecule has 0 saturated heterocycles. The molecule has 1 heterocycles. The van der Waals surface area contributed by atoms with Gasteiger partial charge in [-0.3, -0.25) is 0 Å². The maximum absolute atomic E-state index is 12.6. The van der Waals surface area contributed by atoms with Gasteiger partial charge in [-0.25, -0.2) is 8.42 Å². The Morgan fingerprint density at radius 1 is 1.16 bits per heavy atom. The molecule has 19 heavy (non-hydrogen) atoms. The number of halogens is 3. The molecule has 0 unspecified atom stereocenters. The van der Waals surface area contributed by atoms with E-state index in [2.05, 4.69) is 0 Å². The van der Waals surface area contributed by atoms with Crippen LogP contribution in [0.4, 0.5) is 13.2 Å². The van der Waals surface area contributed by atoms with Crippen LogP contribution in [0.25, 0.3) is 6.08 Å². The van der Waals surface area contributed by atoms with Gasteiger partial charge < -0.3 is 5.73 Å². The second-order valence-electron chi connectivity index (χ2n) is 4.98. The Balaban J connectivity index is 2.66. The van der Waals surface area contributed by atoms with Crippen molar-refractivity contribution in [2.45, 2.75) is 30.5 Å². The minimum Gasteiger partial charge on any atom is -0.321 e. The number of fused-ring (bicyclic) bond motifs is 1. The van der Waals surface area contributed by atoms with Crippen LogP contribution in [0.5, 0.6) is 0 Å². The molecule has 0 fully saturated rings. The van der Waals surface area contributed by atoms with Crippen molar-refractivity contribution in [2.24, 2.45) is 5.73 Å². The van der Waals surface area contributed by atoms with Gasteiger partial charge in [-0.2, -0.15) is 13.2 Å². The molecular formula is C12H12F3NO2S. The number of sulfone groups is 1. The number of hydrogen-bond donors (Lipinski definition) is 1. The minimum absolute atomic E-state index is 0.0309. The molecule has 0 aliphatic carbocycles. The Morgan fingerprint density at radius 2 is 1.74 bits per heavy atom. The number of hydrogen-bond acceptors (Lipinski definition) is 3. The fraction of sp³-hybridized carbons (Fsp3) is 0.333. The monoisotopic (exact) mass is 291 g/mol. The Bertz CT molecular complexity index is 667. The lowest BCUT2D eigenvalue weighted by Gasteiger charge is -2.19. The van der Waals surface area contributed by atoms with Gasteiger partial charge in [-0.15, -0.1) is 0 Å². The first-order valence-corrected chi connectivity index (χ1v) is 6.90. The molecule has 1 aliphatic heterocycles. The first kappa shape index (κ1) is 14.1. The van der Waals surface area contributed by atoms with E-state index in [9.17, 15) is 21.6 Å². The van der Waals surface area contributed by atoms with Crippen LogP contribution in [0.1, 0.15) is 25.0 Å². The highest BCUT2D eigenvalue weighted by atomic mass is 32.2. The zero-order valence-electron chi connectivity index (χ0n) is 10.2. The quantitative estimate of drug-likeness (QED) is 0.865. The van der Waals surface area contributed by atoms with Crippen LogP contribution in [-0.2, 0) is 16.0 Å². The topological polar surface area (TPSA) is 60.2 Å². The summed E-state index contributed by atoms with van der Waals surface area (Å²) in [6.45, 7) is 2.99. The van der Waals surface area contributed by atoms with Crippen LogP contribution in [0.2, 0.25) is 0 Å². The lowest BCUT2D eigenvalue weighted by molar-refractivity contribution is -0.137. The predicted octanol–water partition coefficient (Wildman–Crippen LogP) is 2.57. The molecule has 0 spiro atoms. The molecule has 3 nitrogen and oxygen atoms in total. The summed E-state index contributed by atoms with van der Waals surface area (Å²) in [6.07, 6.45) is -3.30. The maximum atomic E-state index is 12.6. The van der Waals surface area contributed by atoms with Crippen LogP contribution in [-0.4, -0.2) is 14.0 Å². The number of alkyl halides is 3. The standard InChI is InChI=1S/C12H12F3NO2S/c1-11(2,16)10-6-7-5-8(12(13,14)15)3-4-9(7)19(10,17)18/h3-6H,16H2,1-2H3. The summed E-state index contributed by atoms with van der Waals surface area (Å²) in [4.78, 5) is -0.205. The van der Waals surface area contributed by atoms with Gasteiger partial charge in [0.2, 0.25) is 9.84 Å². The average Bonchev–Trinajstić information content (AvgIpc) is 2.48. The minimum atomic E-state index is -4.51. The molecule has 2 N–H and O–H groups in total. The fourth-order valence-corrected chi connectivity index (χ4v) is 3.84. The molecule has 0 amide bonds. The van der Waals surface area contributed by atoms with E-state index in [1.54, 1.807) is 0 Å². The van der Waals surface area contributed by atoms with Crippen LogP contribution in [0.3, 0.4) is 0 Å². The van der Waals surface area contributed by atoms with E-state index in [1.807, 2.05) is 0 Å². The summed E-state index contributed by atoms with van der Waals surface area (Å²) in [5, 5.41) is 0. The smallest absolute Gasteiger partial charge is 0.321 e. The van der Waals surface area contributed by atoms with E-state index in [4.69, 9.17) is 5.73 Å². The predicted molar refractivity (Wildman–Crippen MR) is 64.9 cm³/mol. The number of nitrogens with two attached hydrogens (primary N) is 1. The van der Waals surface area contributed by atoms with Crippen molar-refractivity contribution in [2.75, 3.05) is 0 Å². The zero-order valence-corrected chi connectivity index (χ0v) is 11.1. The third-order valence-electron chi connectivity index (χ3n) is 2.84. The van der Waals surface area contributed by atoms with Crippen molar-refractivity contribution < 1.29 is 21.6 Å². The molecule has 0 aromatic heterocycles. The van der Waals surface area contributed by atoms with Crippen molar-refractivity contribution in [3.63, 3.8) is 0 Å². The number of rotatable bonds is 1. The van der Waals surface area contributed by atoms with E-state index in [-0.39, 0.29) is 15.4 Å². The van der Waals surface area contributed by atoms with Gasteiger partial charge in [-0.05, 0) is 43.7 Å². The Kier molecular flexibility index (Phi) is 2.84. The second kappa shape index (κ2) is 3.83. The van der Waals surface area contributed by atoms with Gasteiger partial charge in [-0.1, -0.05) is 0 Å². The van der Waals surface area contributed by atoms with Crippen LogP contribution < -0.4 is 5.73 Å². The van der Waals surface area contributed by atoms with E-state index < -0.39 is 27.1 Å². The Hall–Kier alpha value is -1.34. The first-order valence-electron chi connectivity index (χ1n) is 5.41. The van der Waals surface area contributed by atoms with Crippen molar-refractivity contribution >= 4 is 15.9 Å². The molecule has 2 rings (SSSR count). The molecule has 0 saturated carbocycles. The van der Waals surface area contributed by atoms with Gasteiger partial charge >= 0.3 is 6.18 Å². The van der Waals surface area contributed by atoms with Crippen molar-refractivity contribution in [1.82, 2.24) is 0 Å². The van der Waals surface area contributed by atoms with Crippen LogP contribution in [0.15, 0.2) is 28.0 Å². The van der Waals surface area contributed by atoms with Gasteiger partial charge in [0.15, 0.2) is 0 Å². The SMILES string of the molecule is CC(C)(N)C1=Cc2cc(C(F)(F)F)ccc2S1(=O)=O.